The Hall–Kier alpha value is -1.50. The molecule has 2 unspecified atom stereocenters. The van der Waals surface area contributed by atoms with E-state index in [4.69, 9.17) is 9.47 Å². The van der Waals surface area contributed by atoms with Crippen LogP contribution in [0.2, 0.25) is 0 Å². The number of fused-ring (bicyclic) bond motifs is 1. The van der Waals surface area contributed by atoms with Crippen molar-refractivity contribution in [1.29, 1.82) is 0 Å². The minimum absolute atomic E-state index is 0.0309. The molecule has 0 saturated carbocycles. The number of hydroxylamine groups is 2. The summed E-state index contributed by atoms with van der Waals surface area (Å²) in [5, 5.41) is 10.2. The lowest BCUT2D eigenvalue weighted by atomic mass is 10.1. The zero-order valence-corrected chi connectivity index (χ0v) is 11.5. The standard InChI is InChI=1S/C12H20N2O5/c1-12(2,3)19-11(16)18-9-7-8-5-4-6-13(8)10(15)14(9)17/h8-9,17H,4-7H2,1-3H3. The quantitative estimate of drug-likeness (QED) is 0.583. The van der Waals surface area contributed by atoms with E-state index in [-0.39, 0.29) is 6.04 Å². The van der Waals surface area contributed by atoms with Gasteiger partial charge in [0.2, 0.25) is 6.23 Å². The number of rotatable bonds is 1. The molecule has 0 aromatic carbocycles. The van der Waals surface area contributed by atoms with E-state index in [0.717, 1.165) is 12.8 Å². The molecule has 2 heterocycles. The average molecular weight is 272 g/mol. The Morgan fingerprint density at radius 3 is 2.74 bits per heavy atom. The Morgan fingerprint density at radius 1 is 1.42 bits per heavy atom. The molecule has 2 aliphatic rings. The summed E-state index contributed by atoms with van der Waals surface area (Å²) in [7, 11) is 0. The van der Waals surface area contributed by atoms with Gasteiger partial charge in [0.15, 0.2) is 0 Å². The highest BCUT2D eigenvalue weighted by molar-refractivity contribution is 5.75. The number of hydrogen-bond donors (Lipinski definition) is 1. The summed E-state index contributed by atoms with van der Waals surface area (Å²) in [6.45, 7) is 5.79. The van der Waals surface area contributed by atoms with Crippen molar-refractivity contribution in [2.24, 2.45) is 0 Å². The van der Waals surface area contributed by atoms with Crippen LogP contribution in [-0.4, -0.2) is 51.8 Å². The molecule has 2 amide bonds. The van der Waals surface area contributed by atoms with E-state index >= 15 is 0 Å². The van der Waals surface area contributed by atoms with Gasteiger partial charge in [-0.25, -0.2) is 9.59 Å². The third kappa shape index (κ3) is 3.09. The summed E-state index contributed by atoms with van der Waals surface area (Å²) in [5.74, 6) is 0. The molecular formula is C12H20N2O5. The lowest BCUT2D eigenvalue weighted by molar-refractivity contribution is -0.194. The third-order valence-electron chi connectivity index (χ3n) is 3.19. The molecule has 0 aromatic rings. The van der Waals surface area contributed by atoms with Gasteiger partial charge < -0.3 is 14.4 Å². The van der Waals surface area contributed by atoms with E-state index in [1.54, 1.807) is 25.7 Å². The lowest BCUT2D eigenvalue weighted by Gasteiger charge is -2.38. The Bertz CT molecular complexity index is 379. The number of carbonyl (C=O) groups excluding carboxylic acids is 2. The maximum Gasteiger partial charge on any atom is 0.510 e. The van der Waals surface area contributed by atoms with Crippen molar-refractivity contribution in [2.75, 3.05) is 6.54 Å². The number of urea groups is 1. The van der Waals surface area contributed by atoms with Gasteiger partial charge in [0.05, 0.1) is 0 Å². The molecule has 2 rings (SSSR count). The van der Waals surface area contributed by atoms with Crippen LogP contribution in [0.15, 0.2) is 0 Å². The van der Waals surface area contributed by atoms with Gasteiger partial charge in [-0.05, 0) is 33.6 Å². The Kier molecular flexibility index (Phi) is 3.58. The maximum absolute atomic E-state index is 11.9. The molecule has 0 bridgehead atoms. The normalized spacial score (nSPS) is 27.3. The molecule has 108 valence electrons. The average Bonchev–Trinajstić information content (AvgIpc) is 2.71. The van der Waals surface area contributed by atoms with Crippen LogP contribution in [0.25, 0.3) is 0 Å². The molecule has 19 heavy (non-hydrogen) atoms. The smallest absolute Gasteiger partial charge is 0.429 e. The summed E-state index contributed by atoms with van der Waals surface area (Å²) < 4.78 is 10.0. The van der Waals surface area contributed by atoms with Crippen molar-refractivity contribution in [1.82, 2.24) is 9.96 Å². The van der Waals surface area contributed by atoms with Gasteiger partial charge in [0.25, 0.3) is 0 Å². The Labute approximate surface area is 112 Å². The first-order chi connectivity index (χ1) is 8.78. The zero-order valence-electron chi connectivity index (χ0n) is 11.5. The van der Waals surface area contributed by atoms with Crippen molar-refractivity contribution in [3.8, 4) is 0 Å². The van der Waals surface area contributed by atoms with Gasteiger partial charge in [-0.15, -0.1) is 0 Å². The van der Waals surface area contributed by atoms with Crippen LogP contribution in [0.4, 0.5) is 9.59 Å². The van der Waals surface area contributed by atoms with E-state index in [0.29, 0.717) is 18.0 Å². The number of carbonyl (C=O) groups is 2. The molecule has 2 aliphatic heterocycles. The van der Waals surface area contributed by atoms with E-state index in [9.17, 15) is 14.8 Å². The van der Waals surface area contributed by atoms with E-state index in [2.05, 4.69) is 0 Å². The zero-order chi connectivity index (χ0) is 14.2. The fourth-order valence-electron chi connectivity index (χ4n) is 2.40. The van der Waals surface area contributed by atoms with Crippen LogP contribution in [0.5, 0.6) is 0 Å². The number of amides is 2. The topological polar surface area (TPSA) is 79.3 Å². The van der Waals surface area contributed by atoms with E-state index in [1.165, 1.54) is 0 Å². The first-order valence-electron chi connectivity index (χ1n) is 6.46. The second-order valence-corrected chi connectivity index (χ2v) is 5.89. The largest absolute Gasteiger partial charge is 0.510 e. The van der Waals surface area contributed by atoms with Crippen LogP contribution in [0, 0.1) is 0 Å². The molecule has 2 atom stereocenters. The first-order valence-corrected chi connectivity index (χ1v) is 6.46. The predicted molar refractivity (Wildman–Crippen MR) is 64.5 cm³/mol. The number of hydrogen-bond acceptors (Lipinski definition) is 5. The Morgan fingerprint density at radius 2 is 2.11 bits per heavy atom. The van der Waals surface area contributed by atoms with Gasteiger partial charge >= 0.3 is 12.2 Å². The molecule has 2 fully saturated rings. The number of nitrogens with zero attached hydrogens (tertiary/aromatic N) is 2. The summed E-state index contributed by atoms with van der Waals surface area (Å²) in [6, 6.07) is -0.481. The predicted octanol–water partition coefficient (Wildman–Crippen LogP) is 1.94. The minimum atomic E-state index is -0.971. The second kappa shape index (κ2) is 4.88. The highest BCUT2D eigenvalue weighted by Crippen LogP contribution is 2.29. The summed E-state index contributed by atoms with van der Waals surface area (Å²) in [4.78, 5) is 25.0. The molecule has 0 aliphatic carbocycles. The van der Waals surface area contributed by atoms with Gasteiger partial charge in [-0.2, -0.15) is 5.06 Å². The molecule has 7 heteroatoms. The molecular weight excluding hydrogens is 252 g/mol. The van der Waals surface area contributed by atoms with Crippen LogP contribution in [-0.2, 0) is 9.47 Å². The summed E-state index contributed by atoms with van der Waals surface area (Å²) >= 11 is 0. The minimum Gasteiger partial charge on any atom is -0.429 e. The monoisotopic (exact) mass is 272 g/mol. The second-order valence-electron chi connectivity index (χ2n) is 5.89. The summed E-state index contributed by atoms with van der Waals surface area (Å²) in [5.41, 5.74) is -0.671. The van der Waals surface area contributed by atoms with Gasteiger partial charge in [0, 0.05) is 19.0 Å². The molecule has 0 aromatic heterocycles. The molecule has 7 nitrogen and oxygen atoms in total. The Balaban J connectivity index is 1.97. The van der Waals surface area contributed by atoms with Crippen LogP contribution in [0.3, 0.4) is 0 Å². The van der Waals surface area contributed by atoms with Crippen LogP contribution >= 0.6 is 0 Å². The fourth-order valence-corrected chi connectivity index (χ4v) is 2.40. The van der Waals surface area contributed by atoms with Crippen molar-refractivity contribution >= 4 is 12.2 Å². The SMILES string of the molecule is CC(C)(C)OC(=O)OC1CC2CCCN2C(=O)N1O. The van der Waals surface area contributed by atoms with Crippen LogP contribution < -0.4 is 0 Å². The number of ether oxygens (including phenoxy) is 2. The molecule has 2 saturated heterocycles. The lowest BCUT2D eigenvalue weighted by Crippen LogP contribution is -2.56. The van der Waals surface area contributed by atoms with Crippen molar-refractivity contribution in [2.45, 2.75) is 57.9 Å². The van der Waals surface area contributed by atoms with Gasteiger partial charge in [0.1, 0.15) is 5.60 Å². The van der Waals surface area contributed by atoms with Crippen molar-refractivity contribution in [3.05, 3.63) is 0 Å². The molecule has 0 radical (unpaired) electrons. The van der Waals surface area contributed by atoms with E-state index in [1.807, 2.05) is 0 Å². The first kappa shape index (κ1) is 13.9. The van der Waals surface area contributed by atoms with E-state index < -0.39 is 24.0 Å². The maximum atomic E-state index is 11.9. The summed E-state index contributed by atoms with van der Waals surface area (Å²) in [6.07, 6.45) is 0.330. The highest BCUT2D eigenvalue weighted by Gasteiger charge is 2.43. The third-order valence-corrected chi connectivity index (χ3v) is 3.19. The molecule has 0 spiro atoms. The molecule has 1 N–H and O–H groups in total. The fraction of sp³-hybridized carbons (Fsp3) is 0.833. The van der Waals surface area contributed by atoms with Crippen LogP contribution in [0.1, 0.15) is 40.0 Å². The van der Waals surface area contributed by atoms with Gasteiger partial charge in [-0.3, -0.25) is 5.21 Å². The van der Waals surface area contributed by atoms with Crippen molar-refractivity contribution in [3.63, 3.8) is 0 Å². The highest BCUT2D eigenvalue weighted by atomic mass is 16.8. The van der Waals surface area contributed by atoms with Gasteiger partial charge in [-0.1, -0.05) is 0 Å². The van der Waals surface area contributed by atoms with Crippen molar-refractivity contribution < 1.29 is 24.3 Å².